The van der Waals surface area contributed by atoms with Crippen LogP contribution in [0.3, 0.4) is 0 Å². The maximum absolute atomic E-state index is 12.5. The van der Waals surface area contributed by atoms with E-state index >= 15 is 0 Å². The molecule has 0 fully saturated rings. The van der Waals surface area contributed by atoms with Crippen LogP contribution in [0.5, 0.6) is 0 Å². The van der Waals surface area contributed by atoms with E-state index < -0.39 is 0 Å². The minimum atomic E-state index is -0.388. The smallest absolute Gasteiger partial charge is 0.338 e. The molecule has 26 heavy (non-hydrogen) atoms. The number of carbonyl (C=O) groups excluding carboxylic acids is 2. The predicted molar refractivity (Wildman–Crippen MR) is 104 cm³/mol. The van der Waals surface area contributed by atoms with Gasteiger partial charge in [-0.25, -0.2) is 9.59 Å². The summed E-state index contributed by atoms with van der Waals surface area (Å²) in [5.41, 5.74) is 0.774. The van der Waals surface area contributed by atoms with E-state index in [0.717, 1.165) is 25.7 Å². The first-order valence-electron chi connectivity index (χ1n) is 9.82. The van der Waals surface area contributed by atoms with Crippen LogP contribution in [0.25, 0.3) is 0 Å². The second kappa shape index (κ2) is 11.0. The van der Waals surface area contributed by atoms with E-state index in [1.165, 1.54) is 0 Å². The number of esters is 2. The predicted octanol–water partition coefficient (Wildman–Crippen LogP) is 5.65. The van der Waals surface area contributed by atoms with Crippen molar-refractivity contribution in [3.63, 3.8) is 0 Å². The Bertz CT molecular complexity index is 530. The van der Waals surface area contributed by atoms with Gasteiger partial charge in [-0.05, 0) is 42.9 Å². The fraction of sp³-hybridized carbons (Fsp3) is 0.636. The molecular formula is C22H34O4. The Balaban J connectivity index is 2.86. The van der Waals surface area contributed by atoms with Gasteiger partial charge in [-0.3, -0.25) is 0 Å². The van der Waals surface area contributed by atoms with Gasteiger partial charge in [0.05, 0.1) is 11.1 Å². The lowest BCUT2D eigenvalue weighted by atomic mass is 10.0. The summed E-state index contributed by atoms with van der Waals surface area (Å²) in [6.07, 6.45) is 3.35. The summed E-state index contributed by atoms with van der Waals surface area (Å²) in [6, 6.07) is 6.61. The van der Waals surface area contributed by atoms with Gasteiger partial charge in [0.1, 0.15) is 12.2 Å². The molecule has 0 aliphatic heterocycles. The zero-order chi connectivity index (χ0) is 19.7. The van der Waals surface area contributed by atoms with Gasteiger partial charge in [-0.2, -0.15) is 0 Å². The van der Waals surface area contributed by atoms with Crippen molar-refractivity contribution in [2.75, 3.05) is 0 Å². The highest BCUT2D eigenvalue weighted by molar-refractivity contribution is 5.95. The summed E-state index contributed by atoms with van der Waals surface area (Å²) in [5.74, 6) is -0.262. The Morgan fingerprint density at radius 1 is 0.808 bits per heavy atom. The van der Waals surface area contributed by atoms with Crippen molar-refractivity contribution in [3.8, 4) is 0 Å². The Morgan fingerprint density at radius 3 is 1.50 bits per heavy atom. The van der Waals surface area contributed by atoms with Crippen molar-refractivity contribution < 1.29 is 19.1 Å². The molecule has 4 nitrogen and oxygen atoms in total. The van der Waals surface area contributed by atoms with E-state index in [0.29, 0.717) is 11.1 Å². The highest BCUT2D eigenvalue weighted by Crippen LogP contribution is 2.18. The highest BCUT2D eigenvalue weighted by atomic mass is 16.5. The average molecular weight is 363 g/mol. The third-order valence-electron chi connectivity index (χ3n) is 4.48. The molecule has 0 bridgehead atoms. The first kappa shape index (κ1) is 22.2. The van der Waals surface area contributed by atoms with Gasteiger partial charge in [-0.1, -0.05) is 60.5 Å². The minimum absolute atomic E-state index is 0.113. The van der Waals surface area contributed by atoms with Gasteiger partial charge in [-0.15, -0.1) is 0 Å². The number of hydrogen-bond acceptors (Lipinski definition) is 4. The summed E-state index contributed by atoms with van der Waals surface area (Å²) < 4.78 is 11.3. The number of rotatable bonds is 10. The number of hydrogen-bond donors (Lipinski definition) is 0. The van der Waals surface area contributed by atoms with Gasteiger partial charge < -0.3 is 9.47 Å². The van der Waals surface area contributed by atoms with Gasteiger partial charge in [0.2, 0.25) is 0 Å². The van der Waals surface area contributed by atoms with Gasteiger partial charge in [0.25, 0.3) is 0 Å². The SMILES string of the molecule is CCCC(OC(=O)c1cccc(C(=O)OC(CCC)C(C)C)c1)C(C)C. The Morgan fingerprint density at radius 2 is 1.19 bits per heavy atom. The molecule has 0 amide bonds. The lowest BCUT2D eigenvalue weighted by molar-refractivity contribution is 0.0154. The van der Waals surface area contributed by atoms with Crippen molar-refractivity contribution in [2.24, 2.45) is 11.8 Å². The molecule has 0 radical (unpaired) electrons. The molecule has 4 heteroatoms. The van der Waals surface area contributed by atoms with Crippen LogP contribution < -0.4 is 0 Å². The fourth-order valence-corrected chi connectivity index (χ4v) is 2.81. The monoisotopic (exact) mass is 362 g/mol. The van der Waals surface area contributed by atoms with Crippen molar-refractivity contribution in [1.82, 2.24) is 0 Å². The first-order chi connectivity index (χ1) is 12.3. The molecule has 0 aromatic heterocycles. The summed E-state index contributed by atoms with van der Waals surface area (Å²) in [4.78, 5) is 24.9. The molecule has 0 aliphatic carbocycles. The second-order valence-electron chi connectivity index (χ2n) is 7.53. The van der Waals surface area contributed by atoms with Gasteiger partial charge >= 0.3 is 11.9 Å². The van der Waals surface area contributed by atoms with Crippen LogP contribution in [-0.2, 0) is 9.47 Å². The molecule has 146 valence electrons. The summed E-state index contributed by atoms with van der Waals surface area (Å²) in [6.45, 7) is 12.3. The third kappa shape index (κ3) is 6.81. The Labute approximate surface area is 158 Å². The molecule has 0 N–H and O–H groups in total. The molecule has 0 spiro atoms. The van der Waals surface area contributed by atoms with E-state index in [9.17, 15) is 9.59 Å². The van der Waals surface area contributed by atoms with Crippen molar-refractivity contribution in [1.29, 1.82) is 0 Å². The number of benzene rings is 1. The molecule has 1 rings (SSSR count). The first-order valence-corrected chi connectivity index (χ1v) is 9.82. The van der Waals surface area contributed by atoms with Crippen LogP contribution >= 0.6 is 0 Å². The van der Waals surface area contributed by atoms with Crippen molar-refractivity contribution in [2.45, 2.75) is 79.4 Å². The van der Waals surface area contributed by atoms with Crippen LogP contribution in [0.4, 0.5) is 0 Å². The molecule has 0 saturated carbocycles. The molecule has 2 atom stereocenters. The Hall–Kier alpha value is -1.84. The largest absolute Gasteiger partial charge is 0.459 e. The molecule has 1 aromatic carbocycles. The maximum Gasteiger partial charge on any atom is 0.338 e. The minimum Gasteiger partial charge on any atom is -0.459 e. The van der Waals surface area contributed by atoms with Gasteiger partial charge in [0.15, 0.2) is 0 Å². The van der Waals surface area contributed by atoms with Crippen molar-refractivity contribution >= 4 is 11.9 Å². The highest BCUT2D eigenvalue weighted by Gasteiger charge is 2.21. The molecule has 1 aromatic rings. The third-order valence-corrected chi connectivity index (χ3v) is 4.48. The van der Waals surface area contributed by atoms with E-state index in [-0.39, 0.29) is 36.0 Å². The van der Waals surface area contributed by atoms with Crippen LogP contribution in [0.2, 0.25) is 0 Å². The van der Waals surface area contributed by atoms with Crippen molar-refractivity contribution in [3.05, 3.63) is 35.4 Å². The van der Waals surface area contributed by atoms with Crippen LogP contribution in [0.15, 0.2) is 24.3 Å². The quantitative estimate of drug-likeness (QED) is 0.505. The number of ether oxygens (including phenoxy) is 2. The van der Waals surface area contributed by atoms with Crippen LogP contribution in [0.1, 0.15) is 87.9 Å². The molecule has 2 unspecified atom stereocenters. The fourth-order valence-electron chi connectivity index (χ4n) is 2.81. The topological polar surface area (TPSA) is 52.6 Å². The van der Waals surface area contributed by atoms with E-state index in [1.54, 1.807) is 24.3 Å². The standard InChI is InChI=1S/C22H34O4/c1-7-10-19(15(3)4)25-21(23)17-12-9-13-18(14-17)22(24)26-20(11-8-2)16(5)6/h9,12-16,19-20H,7-8,10-11H2,1-6H3. The summed E-state index contributed by atoms with van der Waals surface area (Å²) in [5, 5.41) is 0. The normalized spacial score (nSPS) is 13.5. The lowest BCUT2D eigenvalue weighted by Crippen LogP contribution is -2.25. The summed E-state index contributed by atoms with van der Waals surface area (Å²) in [7, 11) is 0. The van der Waals surface area contributed by atoms with Crippen LogP contribution in [0, 0.1) is 11.8 Å². The molecule has 0 aliphatic rings. The molecule has 0 saturated heterocycles. The van der Waals surface area contributed by atoms with E-state index in [4.69, 9.17) is 9.47 Å². The average Bonchev–Trinajstić information content (AvgIpc) is 2.60. The van der Waals surface area contributed by atoms with E-state index in [1.807, 2.05) is 27.7 Å². The van der Waals surface area contributed by atoms with Crippen LogP contribution in [-0.4, -0.2) is 24.1 Å². The van der Waals surface area contributed by atoms with Gasteiger partial charge in [0, 0.05) is 0 Å². The number of carbonyl (C=O) groups is 2. The summed E-state index contributed by atoms with van der Waals surface area (Å²) >= 11 is 0. The Kier molecular flexibility index (Phi) is 9.39. The molecular weight excluding hydrogens is 328 g/mol. The molecule has 0 heterocycles. The zero-order valence-corrected chi connectivity index (χ0v) is 17.1. The zero-order valence-electron chi connectivity index (χ0n) is 17.1. The lowest BCUT2D eigenvalue weighted by Gasteiger charge is -2.22. The maximum atomic E-state index is 12.5. The van der Waals surface area contributed by atoms with E-state index in [2.05, 4.69) is 13.8 Å². The second-order valence-corrected chi connectivity index (χ2v) is 7.53.